The van der Waals surface area contributed by atoms with Gasteiger partial charge in [-0.25, -0.2) is 9.97 Å². The van der Waals surface area contributed by atoms with Crippen molar-refractivity contribution in [2.75, 3.05) is 32.8 Å². The molecule has 1 unspecified atom stereocenters. The fourth-order valence-electron chi connectivity index (χ4n) is 5.84. The summed E-state index contributed by atoms with van der Waals surface area (Å²) in [6, 6.07) is 9.82. The molecular formula is C27H31BN6O4. The number of aryl methyl sites for hydroxylation is 1. The molecule has 1 atom stereocenters. The van der Waals surface area contributed by atoms with E-state index in [4.69, 9.17) is 9.72 Å². The number of pyridine rings is 1. The summed E-state index contributed by atoms with van der Waals surface area (Å²) < 4.78 is 9.83. The second kappa shape index (κ2) is 9.20. The number of hydrogen-bond donors (Lipinski definition) is 3. The van der Waals surface area contributed by atoms with Crippen molar-refractivity contribution in [3.8, 4) is 11.5 Å². The number of morpholine rings is 1. The number of rotatable bonds is 6. The zero-order chi connectivity index (χ0) is 26.0. The third-order valence-electron chi connectivity index (χ3n) is 8.11. The Labute approximate surface area is 220 Å². The fraction of sp³-hybridized carbons (Fsp3) is 0.444. The quantitative estimate of drug-likeness (QED) is 0.324. The minimum absolute atomic E-state index is 0.0508. The van der Waals surface area contributed by atoms with E-state index in [0.717, 1.165) is 64.2 Å². The molecule has 196 valence electrons. The third-order valence-corrected chi connectivity index (χ3v) is 8.11. The predicted molar refractivity (Wildman–Crippen MR) is 144 cm³/mol. The van der Waals surface area contributed by atoms with Gasteiger partial charge < -0.3 is 34.1 Å². The molecule has 3 aliphatic rings. The Morgan fingerprint density at radius 1 is 1.16 bits per heavy atom. The lowest BCUT2D eigenvalue weighted by molar-refractivity contribution is 0.0512. The fourth-order valence-corrected chi connectivity index (χ4v) is 5.84. The molecule has 1 aromatic carbocycles. The topological polar surface area (TPSA) is 118 Å². The van der Waals surface area contributed by atoms with Crippen molar-refractivity contribution in [3.63, 3.8) is 0 Å². The molecule has 4 aromatic rings. The van der Waals surface area contributed by atoms with Crippen molar-refractivity contribution in [2.45, 2.75) is 31.8 Å². The van der Waals surface area contributed by atoms with Crippen LogP contribution in [-0.2, 0) is 24.8 Å². The van der Waals surface area contributed by atoms with Crippen LogP contribution in [0.15, 0.2) is 30.3 Å². The van der Waals surface area contributed by atoms with Gasteiger partial charge in [-0.3, -0.25) is 4.79 Å². The van der Waals surface area contributed by atoms with Crippen molar-refractivity contribution < 1.29 is 19.6 Å². The summed E-state index contributed by atoms with van der Waals surface area (Å²) in [6.07, 6.45) is 3.17. The highest BCUT2D eigenvalue weighted by Gasteiger charge is 2.30. The summed E-state index contributed by atoms with van der Waals surface area (Å²) >= 11 is 0. The number of nitrogens with one attached hydrogen (secondary N) is 1. The van der Waals surface area contributed by atoms with Gasteiger partial charge >= 0.3 is 7.12 Å². The van der Waals surface area contributed by atoms with Gasteiger partial charge in [0.2, 0.25) is 0 Å². The number of carbonyl (C=O) groups excluding carboxylic acids is 1. The van der Waals surface area contributed by atoms with E-state index in [1.165, 1.54) is 12.8 Å². The van der Waals surface area contributed by atoms with Gasteiger partial charge in [0.05, 0.1) is 35.5 Å². The second-order valence-electron chi connectivity index (χ2n) is 10.8. The summed E-state index contributed by atoms with van der Waals surface area (Å²) in [6.45, 7) is 4.30. The normalized spacial score (nSPS) is 19.9. The smallest absolute Gasteiger partial charge is 0.422 e. The number of benzene rings is 1. The number of fused-ring (bicyclic) bond motifs is 3. The average Bonchev–Trinajstić information content (AvgIpc) is 3.60. The molecule has 3 aromatic heterocycles. The summed E-state index contributed by atoms with van der Waals surface area (Å²) in [4.78, 5) is 25.0. The van der Waals surface area contributed by atoms with Crippen LogP contribution in [0.1, 0.15) is 28.8 Å². The molecule has 38 heavy (non-hydrogen) atoms. The van der Waals surface area contributed by atoms with E-state index >= 15 is 0 Å². The summed E-state index contributed by atoms with van der Waals surface area (Å²) in [5.74, 6) is 1.44. The van der Waals surface area contributed by atoms with E-state index in [1.807, 2.05) is 24.1 Å². The average molecular weight is 514 g/mol. The summed E-state index contributed by atoms with van der Waals surface area (Å²) in [7, 11) is 0.394. The van der Waals surface area contributed by atoms with Gasteiger partial charge in [-0.05, 0) is 55.0 Å². The van der Waals surface area contributed by atoms with Crippen molar-refractivity contribution in [2.24, 2.45) is 13.0 Å². The van der Waals surface area contributed by atoms with Gasteiger partial charge in [-0.1, -0.05) is 6.07 Å². The number of carbonyl (C=O) groups is 1. The van der Waals surface area contributed by atoms with E-state index in [0.29, 0.717) is 32.2 Å². The summed E-state index contributed by atoms with van der Waals surface area (Å²) in [5, 5.41) is 23.8. The molecule has 1 amide bonds. The predicted octanol–water partition coefficient (Wildman–Crippen LogP) is 0.667. The van der Waals surface area contributed by atoms with Crippen LogP contribution in [0.2, 0.25) is 0 Å². The molecule has 0 spiro atoms. The van der Waals surface area contributed by atoms with Crippen molar-refractivity contribution in [1.82, 2.24) is 29.3 Å². The lowest BCUT2D eigenvalue weighted by atomic mass is 9.85. The Morgan fingerprint density at radius 2 is 2.03 bits per heavy atom. The lowest BCUT2D eigenvalue weighted by Crippen LogP contribution is -2.51. The van der Waals surface area contributed by atoms with E-state index < -0.39 is 7.12 Å². The van der Waals surface area contributed by atoms with E-state index in [-0.39, 0.29) is 17.5 Å². The molecule has 2 fully saturated rings. The standard InChI is InChI=1S/C27H31BN6O4/c1-32-22-10-17-6-8-33(14-19-15-38-9-7-29-19)27(35)20(17)12-21(22)30-26(32)23-11-18-4-5-24(28(36)37)31-25(18)34(23)13-16-2-3-16/h4-5,10-12,16,19,29,36-37H,2-3,6-9,13-15H2,1H3. The van der Waals surface area contributed by atoms with Crippen LogP contribution in [0, 0.1) is 5.92 Å². The van der Waals surface area contributed by atoms with Gasteiger partial charge in [-0.2, -0.15) is 0 Å². The molecule has 5 heterocycles. The lowest BCUT2D eigenvalue weighted by Gasteiger charge is -2.33. The van der Waals surface area contributed by atoms with Crippen molar-refractivity contribution in [1.29, 1.82) is 0 Å². The highest BCUT2D eigenvalue weighted by atomic mass is 16.5. The zero-order valence-electron chi connectivity index (χ0n) is 21.4. The Kier molecular flexibility index (Phi) is 5.77. The maximum atomic E-state index is 13.5. The van der Waals surface area contributed by atoms with E-state index in [1.54, 1.807) is 6.07 Å². The first-order valence-corrected chi connectivity index (χ1v) is 13.4. The molecule has 7 rings (SSSR count). The van der Waals surface area contributed by atoms with Crippen molar-refractivity contribution >= 4 is 40.7 Å². The SMILES string of the molecule is Cn1c(-c2cc3ccc(B(O)O)nc3n2CC2CC2)nc2cc3c(cc21)CCN(CC1COCCN1)C3=O. The van der Waals surface area contributed by atoms with Gasteiger partial charge in [0.1, 0.15) is 5.65 Å². The molecule has 0 bridgehead atoms. The monoisotopic (exact) mass is 514 g/mol. The first-order chi connectivity index (χ1) is 18.5. The van der Waals surface area contributed by atoms with Gasteiger partial charge in [-0.15, -0.1) is 0 Å². The van der Waals surface area contributed by atoms with E-state index in [2.05, 4.69) is 31.6 Å². The first-order valence-electron chi connectivity index (χ1n) is 13.4. The van der Waals surface area contributed by atoms with Crippen LogP contribution in [0.4, 0.5) is 0 Å². The van der Waals surface area contributed by atoms with Gasteiger partial charge in [0, 0.05) is 50.2 Å². The van der Waals surface area contributed by atoms with Crippen LogP contribution in [-0.4, -0.2) is 86.0 Å². The van der Waals surface area contributed by atoms with Crippen LogP contribution in [0.5, 0.6) is 0 Å². The highest BCUT2D eigenvalue weighted by Crippen LogP contribution is 2.36. The minimum Gasteiger partial charge on any atom is -0.422 e. The van der Waals surface area contributed by atoms with Crippen LogP contribution in [0.3, 0.4) is 0 Å². The molecule has 10 nitrogen and oxygen atoms in total. The van der Waals surface area contributed by atoms with Gasteiger partial charge in [0.25, 0.3) is 5.91 Å². The van der Waals surface area contributed by atoms with Crippen LogP contribution in [0.25, 0.3) is 33.6 Å². The Hall–Kier alpha value is -3.25. The number of ether oxygens (including phenoxy) is 1. The Morgan fingerprint density at radius 3 is 2.79 bits per heavy atom. The largest absolute Gasteiger partial charge is 0.508 e. The van der Waals surface area contributed by atoms with Crippen LogP contribution >= 0.6 is 0 Å². The van der Waals surface area contributed by atoms with Crippen LogP contribution < -0.4 is 10.9 Å². The maximum Gasteiger partial charge on any atom is 0.508 e. The zero-order valence-corrected chi connectivity index (χ0v) is 21.4. The number of aromatic nitrogens is 4. The maximum absolute atomic E-state index is 13.5. The number of hydrogen-bond acceptors (Lipinski definition) is 7. The molecule has 0 radical (unpaired) electrons. The molecule has 1 aliphatic carbocycles. The third kappa shape index (κ3) is 4.10. The minimum atomic E-state index is -1.62. The Balaban J connectivity index is 1.28. The number of amides is 1. The molecule has 1 saturated heterocycles. The summed E-state index contributed by atoms with van der Waals surface area (Å²) in [5.41, 5.74) is 5.47. The first kappa shape index (κ1) is 23.8. The second-order valence-corrected chi connectivity index (χ2v) is 10.8. The van der Waals surface area contributed by atoms with Crippen molar-refractivity contribution in [3.05, 3.63) is 41.5 Å². The number of imidazole rings is 1. The molecular weight excluding hydrogens is 483 g/mol. The molecule has 1 saturated carbocycles. The number of nitrogens with zero attached hydrogens (tertiary/aromatic N) is 5. The highest BCUT2D eigenvalue weighted by molar-refractivity contribution is 6.57. The molecule has 3 N–H and O–H groups in total. The van der Waals surface area contributed by atoms with E-state index in [9.17, 15) is 14.8 Å². The molecule has 2 aliphatic heterocycles. The Bertz CT molecular complexity index is 1550. The van der Waals surface area contributed by atoms with Gasteiger partial charge in [0.15, 0.2) is 5.82 Å². The molecule has 11 heteroatoms.